The quantitative estimate of drug-likeness (QED) is 0.766. The lowest BCUT2D eigenvalue weighted by Gasteiger charge is -2.06. The second kappa shape index (κ2) is 3.27. The van der Waals surface area contributed by atoms with Crippen LogP contribution in [0.1, 0.15) is 31.7 Å². The fraction of sp³-hybridized carbons (Fsp3) is 0.500. The van der Waals surface area contributed by atoms with Crippen LogP contribution in [0.4, 0.5) is 0 Å². The van der Waals surface area contributed by atoms with E-state index in [1.165, 1.54) is 6.33 Å². The molecule has 3 heterocycles. The van der Waals surface area contributed by atoms with Crippen LogP contribution in [0.2, 0.25) is 0 Å². The number of nitrogens with zero attached hydrogens (tertiary/aromatic N) is 3. The normalized spacial score (nSPS) is 26.2. The smallest absolute Gasteiger partial charge is 0.180 e. The number of hydrogen-bond acceptors (Lipinski definition) is 4. The number of fused-ring (bicyclic) bond motifs is 1. The molecule has 1 saturated heterocycles. The van der Waals surface area contributed by atoms with E-state index < -0.39 is 0 Å². The molecule has 15 heavy (non-hydrogen) atoms. The maximum Gasteiger partial charge on any atom is 0.180 e. The summed E-state index contributed by atoms with van der Waals surface area (Å²) in [7, 11) is 0. The van der Waals surface area contributed by atoms with Crippen LogP contribution in [0.5, 0.6) is 0 Å². The molecule has 1 aliphatic rings. The molecule has 0 radical (unpaired) electrons. The monoisotopic (exact) mass is 204 g/mol. The molecule has 0 aliphatic carbocycles. The molecule has 2 aromatic heterocycles. The standard InChI is InChI=1S/C10H12N4O/c1-6-2-3-8(15-6)10-13-7-4-11-5-12-9(7)14-10/h4-6,8H,2-3H2,1H3,(H,11,12,13,14). The Kier molecular flexibility index (Phi) is 1.92. The van der Waals surface area contributed by atoms with Gasteiger partial charge in [-0.15, -0.1) is 0 Å². The van der Waals surface area contributed by atoms with Crippen LogP contribution >= 0.6 is 0 Å². The zero-order valence-electron chi connectivity index (χ0n) is 8.47. The molecule has 5 nitrogen and oxygen atoms in total. The van der Waals surface area contributed by atoms with E-state index in [9.17, 15) is 0 Å². The van der Waals surface area contributed by atoms with E-state index in [-0.39, 0.29) is 6.10 Å². The molecule has 1 N–H and O–H groups in total. The Morgan fingerprint density at radius 1 is 1.47 bits per heavy atom. The van der Waals surface area contributed by atoms with Gasteiger partial charge in [-0.05, 0) is 19.8 Å². The summed E-state index contributed by atoms with van der Waals surface area (Å²) >= 11 is 0. The predicted molar refractivity (Wildman–Crippen MR) is 54.2 cm³/mol. The van der Waals surface area contributed by atoms with Crippen LogP contribution in [0.15, 0.2) is 12.5 Å². The molecular weight excluding hydrogens is 192 g/mol. The van der Waals surface area contributed by atoms with Crippen molar-refractivity contribution in [1.29, 1.82) is 0 Å². The van der Waals surface area contributed by atoms with E-state index in [1.54, 1.807) is 6.20 Å². The molecule has 1 aliphatic heterocycles. The predicted octanol–water partition coefficient (Wildman–Crippen LogP) is 1.59. The van der Waals surface area contributed by atoms with Crippen molar-refractivity contribution >= 4 is 11.2 Å². The summed E-state index contributed by atoms with van der Waals surface area (Å²) < 4.78 is 5.73. The second-order valence-corrected chi connectivity index (χ2v) is 3.89. The Balaban J connectivity index is 1.98. The summed E-state index contributed by atoms with van der Waals surface area (Å²) in [5, 5.41) is 0. The van der Waals surface area contributed by atoms with Gasteiger partial charge in [-0.3, -0.25) is 0 Å². The zero-order chi connectivity index (χ0) is 10.3. The van der Waals surface area contributed by atoms with E-state index in [4.69, 9.17) is 4.74 Å². The van der Waals surface area contributed by atoms with E-state index in [0.717, 1.165) is 24.2 Å². The summed E-state index contributed by atoms with van der Waals surface area (Å²) in [6, 6.07) is 0. The van der Waals surface area contributed by atoms with Crippen LogP contribution in [0.3, 0.4) is 0 Å². The SMILES string of the molecule is CC1CCC(c2nc3ncncc3[nH]2)O1. The van der Waals surface area contributed by atoms with Crippen molar-refractivity contribution in [2.75, 3.05) is 0 Å². The van der Waals surface area contributed by atoms with Crippen LogP contribution in [0, 0.1) is 0 Å². The summed E-state index contributed by atoms with van der Waals surface area (Å²) in [6.07, 6.45) is 5.77. The molecule has 78 valence electrons. The highest BCUT2D eigenvalue weighted by Gasteiger charge is 2.25. The number of nitrogens with one attached hydrogen (secondary N) is 1. The van der Waals surface area contributed by atoms with Gasteiger partial charge in [-0.1, -0.05) is 0 Å². The minimum atomic E-state index is 0.0919. The van der Waals surface area contributed by atoms with Crippen molar-refractivity contribution < 1.29 is 4.74 Å². The molecule has 3 rings (SSSR count). The third-order valence-electron chi connectivity index (χ3n) is 2.72. The molecular formula is C10H12N4O. The number of hydrogen-bond donors (Lipinski definition) is 1. The second-order valence-electron chi connectivity index (χ2n) is 3.89. The first-order chi connectivity index (χ1) is 7.33. The van der Waals surface area contributed by atoms with Gasteiger partial charge in [-0.2, -0.15) is 0 Å². The van der Waals surface area contributed by atoms with Crippen LogP contribution in [-0.2, 0) is 4.74 Å². The number of imidazole rings is 1. The van der Waals surface area contributed by atoms with E-state index in [1.807, 2.05) is 0 Å². The van der Waals surface area contributed by atoms with E-state index >= 15 is 0 Å². The van der Waals surface area contributed by atoms with Crippen molar-refractivity contribution in [1.82, 2.24) is 19.9 Å². The maximum absolute atomic E-state index is 5.73. The first-order valence-electron chi connectivity index (χ1n) is 5.14. The largest absolute Gasteiger partial charge is 0.367 e. The van der Waals surface area contributed by atoms with Crippen LogP contribution < -0.4 is 0 Å². The summed E-state index contributed by atoms with van der Waals surface area (Å²) in [5.74, 6) is 0.870. The molecule has 0 saturated carbocycles. The van der Waals surface area contributed by atoms with E-state index in [0.29, 0.717) is 11.8 Å². The molecule has 0 amide bonds. The van der Waals surface area contributed by atoms with Crippen LogP contribution in [-0.4, -0.2) is 26.0 Å². The third kappa shape index (κ3) is 1.48. The molecule has 2 unspecified atom stereocenters. The van der Waals surface area contributed by atoms with Gasteiger partial charge >= 0.3 is 0 Å². The molecule has 0 bridgehead atoms. The van der Waals surface area contributed by atoms with Gasteiger partial charge in [0.05, 0.1) is 12.3 Å². The fourth-order valence-corrected chi connectivity index (χ4v) is 1.94. The van der Waals surface area contributed by atoms with Crippen molar-refractivity contribution in [3.05, 3.63) is 18.3 Å². The number of rotatable bonds is 1. The first kappa shape index (κ1) is 8.79. The van der Waals surface area contributed by atoms with E-state index in [2.05, 4.69) is 26.9 Å². The van der Waals surface area contributed by atoms with Gasteiger partial charge in [0.15, 0.2) is 5.65 Å². The third-order valence-corrected chi connectivity index (χ3v) is 2.72. The number of aromatic amines is 1. The minimum absolute atomic E-state index is 0.0919. The lowest BCUT2D eigenvalue weighted by Crippen LogP contribution is -2.02. The Morgan fingerprint density at radius 3 is 3.13 bits per heavy atom. The Morgan fingerprint density at radius 2 is 2.40 bits per heavy atom. The first-order valence-corrected chi connectivity index (χ1v) is 5.14. The van der Waals surface area contributed by atoms with Crippen molar-refractivity contribution in [2.45, 2.75) is 32.0 Å². The number of ether oxygens (including phenoxy) is 1. The Labute approximate surface area is 86.9 Å². The summed E-state index contributed by atoms with van der Waals surface area (Å²) in [6.45, 7) is 2.09. The average Bonchev–Trinajstić information content (AvgIpc) is 2.82. The van der Waals surface area contributed by atoms with Gasteiger partial charge in [0.2, 0.25) is 0 Å². The highest BCUT2D eigenvalue weighted by molar-refractivity contribution is 5.68. The highest BCUT2D eigenvalue weighted by atomic mass is 16.5. The summed E-state index contributed by atoms with van der Waals surface area (Å²) in [5.41, 5.74) is 1.58. The Hall–Kier alpha value is -1.49. The highest BCUT2D eigenvalue weighted by Crippen LogP contribution is 2.31. The van der Waals surface area contributed by atoms with Gasteiger partial charge in [-0.25, -0.2) is 15.0 Å². The molecule has 2 atom stereocenters. The molecule has 2 aromatic rings. The molecule has 5 heteroatoms. The van der Waals surface area contributed by atoms with Gasteiger partial charge in [0.1, 0.15) is 23.8 Å². The van der Waals surface area contributed by atoms with Gasteiger partial charge < -0.3 is 9.72 Å². The molecule has 1 fully saturated rings. The number of aromatic nitrogens is 4. The van der Waals surface area contributed by atoms with Crippen molar-refractivity contribution in [3.63, 3.8) is 0 Å². The van der Waals surface area contributed by atoms with Crippen molar-refractivity contribution in [3.8, 4) is 0 Å². The van der Waals surface area contributed by atoms with Gasteiger partial charge in [0.25, 0.3) is 0 Å². The average molecular weight is 204 g/mol. The molecule has 0 spiro atoms. The van der Waals surface area contributed by atoms with Gasteiger partial charge in [0, 0.05) is 0 Å². The molecule has 0 aromatic carbocycles. The van der Waals surface area contributed by atoms with Crippen LogP contribution in [0.25, 0.3) is 11.2 Å². The number of H-pyrrole nitrogens is 1. The lowest BCUT2D eigenvalue weighted by molar-refractivity contribution is 0.0510. The lowest BCUT2D eigenvalue weighted by atomic mass is 10.2. The fourth-order valence-electron chi connectivity index (χ4n) is 1.94. The zero-order valence-corrected chi connectivity index (χ0v) is 8.47. The minimum Gasteiger partial charge on any atom is -0.367 e. The Bertz CT molecular complexity index is 448. The van der Waals surface area contributed by atoms with Crippen molar-refractivity contribution in [2.24, 2.45) is 0 Å². The maximum atomic E-state index is 5.73. The topological polar surface area (TPSA) is 63.7 Å². The summed E-state index contributed by atoms with van der Waals surface area (Å²) in [4.78, 5) is 15.6.